The molecule has 0 spiro atoms. The Morgan fingerprint density at radius 3 is 2.46 bits per heavy atom. The SMILES string of the molecule is NC1CCC(F)(C2CCOC2)CC1. The van der Waals surface area contributed by atoms with Gasteiger partial charge in [-0.05, 0) is 32.1 Å². The number of hydrogen-bond acceptors (Lipinski definition) is 2. The van der Waals surface area contributed by atoms with E-state index in [0.717, 1.165) is 25.9 Å². The third kappa shape index (κ3) is 1.86. The second kappa shape index (κ2) is 3.54. The smallest absolute Gasteiger partial charge is 0.116 e. The monoisotopic (exact) mass is 187 g/mol. The molecule has 0 bridgehead atoms. The van der Waals surface area contributed by atoms with Crippen LogP contribution >= 0.6 is 0 Å². The van der Waals surface area contributed by atoms with Crippen molar-refractivity contribution in [1.82, 2.24) is 0 Å². The van der Waals surface area contributed by atoms with Gasteiger partial charge >= 0.3 is 0 Å². The topological polar surface area (TPSA) is 35.2 Å². The molecule has 0 aromatic rings. The van der Waals surface area contributed by atoms with Gasteiger partial charge < -0.3 is 10.5 Å². The van der Waals surface area contributed by atoms with Gasteiger partial charge in [0.25, 0.3) is 0 Å². The van der Waals surface area contributed by atoms with Crippen LogP contribution in [-0.4, -0.2) is 24.9 Å². The average Bonchev–Trinajstić information content (AvgIpc) is 2.63. The quantitative estimate of drug-likeness (QED) is 0.677. The minimum absolute atomic E-state index is 0.139. The molecule has 3 heteroatoms. The third-order valence-electron chi connectivity index (χ3n) is 3.52. The zero-order valence-corrected chi connectivity index (χ0v) is 7.97. The van der Waals surface area contributed by atoms with Crippen LogP contribution in [0.3, 0.4) is 0 Å². The molecule has 0 aromatic heterocycles. The molecule has 0 amide bonds. The first kappa shape index (κ1) is 9.41. The lowest BCUT2D eigenvalue weighted by molar-refractivity contribution is 0.0265. The van der Waals surface area contributed by atoms with Crippen molar-refractivity contribution >= 4 is 0 Å². The van der Waals surface area contributed by atoms with Crippen LogP contribution < -0.4 is 5.73 Å². The lowest BCUT2D eigenvalue weighted by Crippen LogP contribution is -2.41. The molecule has 2 nitrogen and oxygen atoms in total. The van der Waals surface area contributed by atoms with E-state index in [1.54, 1.807) is 0 Å². The second-order valence-electron chi connectivity index (χ2n) is 4.43. The van der Waals surface area contributed by atoms with Crippen LogP contribution in [0.4, 0.5) is 4.39 Å². The number of alkyl halides is 1. The summed E-state index contributed by atoms with van der Waals surface area (Å²) in [7, 11) is 0. The van der Waals surface area contributed by atoms with Gasteiger partial charge in [0.2, 0.25) is 0 Å². The molecular weight excluding hydrogens is 169 g/mol. The van der Waals surface area contributed by atoms with E-state index >= 15 is 0 Å². The fraction of sp³-hybridized carbons (Fsp3) is 1.00. The summed E-state index contributed by atoms with van der Waals surface area (Å²) in [5.74, 6) is 0.139. The van der Waals surface area contributed by atoms with E-state index in [4.69, 9.17) is 10.5 Å². The maximum absolute atomic E-state index is 14.3. The molecule has 1 heterocycles. The highest BCUT2D eigenvalue weighted by Crippen LogP contribution is 2.41. The summed E-state index contributed by atoms with van der Waals surface area (Å²) in [6, 6.07) is 0.228. The van der Waals surface area contributed by atoms with E-state index in [1.807, 2.05) is 0 Å². The van der Waals surface area contributed by atoms with E-state index in [2.05, 4.69) is 0 Å². The van der Waals surface area contributed by atoms with Gasteiger partial charge in [-0.25, -0.2) is 4.39 Å². The van der Waals surface area contributed by atoms with Crippen LogP contribution in [0.25, 0.3) is 0 Å². The highest BCUT2D eigenvalue weighted by molar-refractivity contribution is 4.93. The van der Waals surface area contributed by atoms with Crippen LogP contribution in [0.15, 0.2) is 0 Å². The first-order chi connectivity index (χ1) is 6.21. The largest absolute Gasteiger partial charge is 0.381 e. The maximum Gasteiger partial charge on any atom is 0.116 e. The van der Waals surface area contributed by atoms with Crippen molar-refractivity contribution in [3.63, 3.8) is 0 Å². The first-order valence-electron chi connectivity index (χ1n) is 5.23. The van der Waals surface area contributed by atoms with Crippen molar-refractivity contribution in [2.45, 2.75) is 43.8 Å². The van der Waals surface area contributed by atoms with Crippen LogP contribution in [0.5, 0.6) is 0 Å². The van der Waals surface area contributed by atoms with Crippen molar-refractivity contribution in [3.05, 3.63) is 0 Å². The Morgan fingerprint density at radius 1 is 1.23 bits per heavy atom. The minimum atomic E-state index is -0.966. The Morgan fingerprint density at radius 2 is 1.92 bits per heavy atom. The van der Waals surface area contributed by atoms with Crippen molar-refractivity contribution in [1.29, 1.82) is 0 Å². The molecule has 2 aliphatic rings. The normalized spacial score (nSPS) is 46.6. The molecule has 1 atom stereocenters. The average molecular weight is 187 g/mol. The molecule has 0 radical (unpaired) electrons. The summed E-state index contributed by atoms with van der Waals surface area (Å²) in [6.07, 6.45) is 3.86. The molecule has 1 saturated heterocycles. The standard InChI is InChI=1S/C10H18FNO/c11-10(8-3-6-13-7-8)4-1-9(12)2-5-10/h8-9H,1-7,12H2. The predicted molar refractivity (Wildman–Crippen MR) is 49.2 cm³/mol. The van der Waals surface area contributed by atoms with Gasteiger partial charge in [0.05, 0.1) is 6.61 Å². The molecule has 1 saturated carbocycles. The zero-order valence-electron chi connectivity index (χ0n) is 7.97. The first-order valence-corrected chi connectivity index (χ1v) is 5.23. The van der Waals surface area contributed by atoms with E-state index < -0.39 is 5.67 Å². The summed E-state index contributed by atoms with van der Waals surface area (Å²) in [4.78, 5) is 0. The third-order valence-corrected chi connectivity index (χ3v) is 3.52. The highest BCUT2D eigenvalue weighted by atomic mass is 19.1. The fourth-order valence-corrected chi connectivity index (χ4v) is 2.47. The molecule has 13 heavy (non-hydrogen) atoms. The van der Waals surface area contributed by atoms with E-state index in [0.29, 0.717) is 19.4 Å². The summed E-state index contributed by atoms with van der Waals surface area (Å²) in [5.41, 5.74) is 4.79. The van der Waals surface area contributed by atoms with Crippen molar-refractivity contribution in [2.24, 2.45) is 11.7 Å². The molecule has 2 fully saturated rings. The summed E-state index contributed by atoms with van der Waals surface area (Å²) in [5, 5.41) is 0. The van der Waals surface area contributed by atoms with Gasteiger partial charge in [0, 0.05) is 18.6 Å². The highest BCUT2D eigenvalue weighted by Gasteiger charge is 2.43. The predicted octanol–water partition coefficient (Wildman–Crippen LogP) is 1.63. The van der Waals surface area contributed by atoms with Gasteiger partial charge in [-0.1, -0.05) is 0 Å². The van der Waals surface area contributed by atoms with Gasteiger partial charge in [-0.15, -0.1) is 0 Å². The zero-order chi connectivity index (χ0) is 9.31. The van der Waals surface area contributed by atoms with E-state index in [1.165, 1.54) is 0 Å². The lowest BCUT2D eigenvalue weighted by atomic mass is 9.75. The Balaban J connectivity index is 1.95. The summed E-state index contributed by atoms with van der Waals surface area (Å²) in [6.45, 7) is 1.36. The molecule has 1 unspecified atom stereocenters. The van der Waals surface area contributed by atoms with Crippen LogP contribution in [0.1, 0.15) is 32.1 Å². The summed E-state index contributed by atoms with van der Waals surface area (Å²) < 4.78 is 19.5. The Labute approximate surface area is 78.6 Å². The van der Waals surface area contributed by atoms with Gasteiger partial charge in [-0.2, -0.15) is 0 Å². The maximum atomic E-state index is 14.3. The van der Waals surface area contributed by atoms with Crippen LogP contribution in [-0.2, 0) is 4.74 Å². The number of nitrogens with two attached hydrogens (primary N) is 1. The van der Waals surface area contributed by atoms with E-state index in [-0.39, 0.29) is 12.0 Å². The lowest BCUT2D eigenvalue weighted by Gasteiger charge is -2.36. The Kier molecular flexibility index (Phi) is 2.56. The van der Waals surface area contributed by atoms with Gasteiger partial charge in [0.15, 0.2) is 0 Å². The number of ether oxygens (including phenoxy) is 1. The molecule has 2 N–H and O–H groups in total. The number of halogens is 1. The van der Waals surface area contributed by atoms with Crippen LogP contribution in [0.2, 0.25) is 0 Å². The molecular formula is C10H18FNO. The van der Waals surface area contributed by atoms with Crippen LogP contribution in [0, 0.1) is 5.92 Å². The molecule has 2 rings (SSSR count). The van der Waals surface area contributed by atoms with Crippen molar-refractivity contribution in [3.8, 4) is 0 Å². The second-order valence-corrected chi connectivity index (χ2v) is 4.43. The molecule has 0 aromatic carbocycles. The van der Waals surface area contributed by atoms with Gasteiger partial charge in [-0.3, -0.25) is 0 Å². The fourth-order valence-electron chi connectivity index (χ4n) is 2.47. The van der Waals surface area contributed by atoms with Crippen molar-refractivity contribution in [2.75, 3.05) is 13.2 Å². The molecule has 76 valence electrons. The summed E-state index contributed by atoms with van der Waals surface area (Å²) >= 11 is 0. The minimum Gasteiger partial charge on any atom is -0.381 e. The Bertz CT molecular complexity index is 172. The number of hydrogen-bond donors (Lipinski definition) is 1. The van der Waals surface area contributed by atoms with E-state index in [9.17, 15) is 4.39 Å². The molecule has 1 aliphatic carbocycles. The van der Waals surface area contributed by atoms with Crippen molar-refractivity contribution < 1.29 is 9.13 Å². The molecule has 1 aliphatic heterocycles. The van der Waals surface area contributed by atoms with Gasteiger partial charge in [0.1, 0.15) is 5.67 Å². The Hall–Kier alpha value is -0.150. The number of rotatable bonds is 1.